The van der Waals surface area contributed by atoms with Gasteiger partial charge in [-0.3, -0.25) is 4.79 Å². The second-order valence-electron chi connectivity index (χ2n) is 4.61. The molecule has 1 heterocycles. The second-order valence-corrected chi connectivity index (χ2v) is 4.61. The fraction of sp³-hybridized carbons (Fsp3) is 0.636. The van der Waals surface area contributed by atoms with Gasteiger partial charge in [-0.1, -0.05) is 0 Å². The number of nitrogens with zero attached hydrogens (tertiary/aromatic N) is 2. The van der Waals surface area contributed by atoms with Crippen LogP contribution in [0.25, 0.3) is 0 Å². The minimum atomic E-state index is -0.791. The maximum absolute atomic E-state index is 11.6. The van der Waals surface area contributed by atoms with Crippen LogP contribution in [0.5, 0.6) is 0 Å². The molecule has 5 heteroatoms. The van der Waals surface area contributed by atoms with Crippen molar-refractivity contribution in [3.63, 3.8) is 0 Å². The predicted octanol–water partition coefficient (Wildman–Crippen LogP) is 0.644. The lowest BCUT2D eigenvalue weighted by Crippen LogP contribution is -2.43. The van der Waals surface area contributed by atoms with Crippen molar-refractivity contribution in [2.75, 3.05) is 0 Å². The Morgan fingerprint density at radius 2 is 2.25 bits per heavy atom. The van der Waals surface area contributed by atoms with Crippen LogP contribution in [0.4, 0.5) is 0 Å². The van der Waals surface area contributed by atoms with Crippen LogP contribution in [-0.2, 0) is 17.3 Å². The highest BCUT2D eigenvalue weighted by atomic mass is 16.4. The second kappa shape index (κ2) is 3.90. The number of hydrogen-bond donors (Lipinski definition) is 2. The smallest absolute Gasteiger partial charge is 0.315 e. The van der Waals surface area contributed by atoms with E-state index in [-0.39, 0.29) is 6.04 Å². The maximum atomic E-state index is 11.6. The van der Waals surface area contributed by atoms with Gasteiger partial charge in [0.2, 0.25) is 0 Å². The van der Waals surface area contributed by atoms with Crippen LogP contribution in [0.15, 0.2) is 12.5 Å². The Bertz CT molecular complexity index is 392. The molecule has 2 rings (SSSR count). The molecule has 1 saturated carbocycles. The number of rotatable bonds is 2. The zero-order valence-electron chi connectivity index (χ0n) is 9.39. The molecule has 3 N–H and O–H groups in total. The van der Waals surface area contributed by atoms with Gasteiger partial charge in [0.05, 0.1) is 12.0 Å². The summed E-state index contributed by atoms with van der Waals surface area (Å²) in [5, 5.41) is 9.49. The van der Waals surface area contributed by atoms with E-state index in [1.54, 1.807) is 17.1 Å². The quantitative estimate of drug-likeness (QED) is 0.771. The Morgan fingerprint density at radius 1 is 1.62 bits per heavy atom. The molecule has 1 aliphatic rings. The van der Waals surface area contributed by atoms with E-state index in [0.29, 0.717) is 12.8 Å². The van der Waals surface area contributed by atoms with Crippen LogP contribution < -0.4 is 5.73 Å². The molecule has 1 aromatic rings. The van der Waals surface area contributed by atoms with Crippen LogP contribution in [0.3, 0.4) is 0 Å². The first kappa shape index (κ1) is 11.1. The third-order valence-electron chi connectivity index (χ3n) is 3.60. The van der Waals surface area contributed by atoms with Crippen molar-refractivity contribution in [2.24, 2.45) is 12.8 Å². The summed E-state index contributed by atoms with van der Waals surface area (Å²) in [6.07, 6.45) is 6.03. The maximum Gasteiger partial charge on any atom is 0.315 e. The van der Waals surface area contributed by atoms with Crippen LogP contribution in [0.1, 0.15) is 31.4 Å². The Morgan fingerprint density at radius 3 is 2.69 bits per heavy atom. The Labute approximate surface area is 94.3 Å². The topological polar surface area (TPSA) is 81.1 Å². The van der Waals surface area contributed by atoms with Gasteiger partial charge in [0.25, 0.3) is 0 Å². The average molecular weight is 223 g/mol. The fourth-order valence-corrected chi connectivity index (χ4v) is 2.53. The normalized spacial score (nSPS) is 30.2. The van der Waals surface area contributed by atoms with Crippen molar-refractivity contribution in [3.8, 4) is 0 Å². The van der Waals surface area contributed by atoms with Gasteiger partial charge < -0.3 is 15.4 Å². The summed E-state index contributed by atoms with van der Waals surface area (Å²) in [6, 6.07) is 0.140. The molecule has 1 fully saturated rings. The molecular formula is C11H17N3O2. The number of aliphatic carboxylic acids is 1. The van der Waals surface area contributed by atoms with E-state index >= 15 is 0 Å². The summed E-state index contributed by atoms with van der Waals surface area (Å²) in [5.41, 5.74) is 5.83. The van der Waals surface area contributed by atoms with E-state index in [0.717, 1.165) is 18.5 Å². The summed E-state index contributed by atoms with van der Waals surface area (Å²) in [5.74, 6) is -0.761. The lowest BCUT2D eigenvalue weighted by Gasteiger charge is -2.35. The van der Waals surface area contributed by atoms with Crippen LogP contribution >= 0.6 is 0 Å². The molecule has 1 aliphatic carbocycles. The zero-order valence-corrected chi connectivity index (χ0v) is 9.39. The summed E-state index contributed by atoms with van der Waals surface area (Å²) in [4.78, 5) is 15.6. The highest BCUT2D eigenvalue weighted by molar-refractivity contribution is 5.80. The lowest BCUT2D eigenvalue weighted by molar-refractivity contribution is -0.145. The average Bonchev–Trinajstić information content (AvgIpc) is 2.66. The van der Waals surface area contributed by atoms with Crippen LogP contribution in [0.2, 0.25) is 0 Å². The molecule has 0 radical (unpaired) electrons. The molecule has 0 aliphatic heterocycles. The van der Waals surface area contributed by atoms with Crippen molar-refractivity contribution in [3.05, 3.63) is 18.2 Å². The van der Waals surface area contributed by atoms with Crippen molar-refractivity contribution in [2.45, 2.75) is 37.1 Å². The lowest BCUT2D eigenvalue weighted by atomic mass is 9.70. The summed E-state index contributed by atoms with van der Waals surface area (Å²) in [7, 11) is 1.83. The van der Waals surface area contributed by atoms with E-state index in [9.17, 15) is 9.90 Å². The van der Waals surface area contributed by atoms with Gasteiger partial charge in [0.1, 0.15) is 5.41 Å². The molecule has 88 valence electrons. The van der Waals surface area contributed by atoms with E-state index in [1.165, 1.54) is 0 Å². The van der Waals surface area contributed by atoms with E-state index in [4.69, 9.17) is 5.73 Å². The highest BCUT2D eigenvalue weighted by Crippen LogP contribution is 2.38. The summed E-state index contributed by atoms with van der Waals surface area (Å²) >= 11 is 0. The molecule has 0 unspecified atom stereocenters. The third kappa shape index (κ3) is 1.61. The number of nitrogens with two attached hydrogens (primary N) is 1. The Balaban J connectivity index is 2.37. The van der Waals surface area contributed by atoms with E-state index in [2.05, 4.69) is 4.98 Å². The number of aryl methyl sites for hydroxylation is 1. The molecule has 0 saturated heterocycles. The Kier molecular flexibility index (Phi) is 2.71. The van der Waals surface area contributed by atoms with Gasteiger partial charge in [-0.05, 0) is 25.7 Å². The van der Waals surface area contributed by atoms with Crippen LogP contribution in [-0.4, -0.2) is 26.7 Å². The van der Waals surface area contributed by atoms with Gasteiger partial charge in [-0.15, -0.1) is 0 Å². The minimum Gasteiger partial charge on any atom is -0.481 e. The van der Waals surface area contributed by atoms with E-state index in [1.807, 2.05) is 7.05 Å². The molecule has 0 aromatic carbocycles. The molecule has 0 bridgehead atoms. The molecular weight excluding hydrogens is 206 g/mol. The minimum absolute atomic E-state index is 0.140. The predicted molar refractivity (Wildman–Crippen MR) is 59.0 cm³/mol. The SMILES string of the molecule is Cn1cncc1C1(C(=O)O)CCC(N)CC1. The van der Waals surface area contributed by atoms with Gasteiger partial charge in [0.15, 0.2) is 0 Å². The van der Waals surface area contributed by atoms with Crippen molar-refractivity contribution >= 4 is 5.97 Å². The highest BCUT2D eigenvalue weighted by Gasteiger charge is 2.44. The number of carboxylic acid groups (broad SMARTS) is 1. The van der Waals surface area contributed by atoms with E-state index < -0.39 is 11.4 Å². The summed E-state index contributed by atoms with van der Waals surface area (Å²) < 4.78 is 1.80. The number of aromatic nitrogens is 2. The standard InChI is InChI=1S/C11H17N3O2/c1-14-7-13-6-9(14)11(10(15)16)4-2-8(12)3-5-11/h6-8H,2-5,12H2,1H3,(H,15,16). The fourth-order valence-electron chi connectivity index (χ4n) is 2.53. The zero-order chi connectivity index (χ0) is 11.8. The molecule has 16 heavy (non-hydrogen) atoms. The summed E-state index contributed by atoms with van der Waals surface area (Å²) in [6.45, 7) is 0. The molecule has 0 amide bonds. The first-order valence-corrected chi connectivity index (χ1v) is 5.52. The van der Waals surface area contributed by atoms with Gasteiger partial charge in [-0.25, -0.2) is 4.98 Å². The Hall–Kier alpha value is -1.36. The van der Waals surface area contributed by atoms with Crippen molar-refractivity contribution in [1.82, 2.24) is 9.55 Å². The number of carboxylic acids is 1. The van der Waals surface area contributed by atoms with Gasteiger partial charge in [0, 0.05) is 19.3 Å². The van der Waals surface area contributed by atoms with Gasteiger partial charge >= 0.3 is 5.97 Å². The molecule has 1 aromatic heterocycles. The molecule has 0 spiro atoms. The largest absolute Gasteiger partial charge is 0.481 e. The number of hydrogen-bond acceptors (Lipinski definition) is 3. The molecule has 0 atom stereocenters. The van der Waals surface area contributed by atoms with Crippen LogP contribution in [0, 0.1) is 0 Å². The third-order valence-corrected chi connectivity index (χ3v) is 3.60. The number of carbonyl (C=O) groups is 1. The van der Waals surface area contributed by atoms with Crippen molar-refractivity contribution < 1.29 is 9.90 Å². The monoisotopic (exact) mass is 223 g/mol. The molecule has 5 nitrogen and oxygen atoms in total. The first-order chi connectivity index (χ1) is 7.56. The van der Waals surface area contributed by atoms with Crippen molar-refractivity contribution in [1.29, 1.82) is 0 Å². The number of imidazole rings is 1. The van der Waals surface area contributed by atoms with Gasteiger partial charge in [-0.2, -0.15) is 0 Å². The first-order valence-electron chi connectivity index (χ1n) is 5.52.